The third-order valence-corrected chi connectivity index (χ3v) is 0. The molecule has 5 N–H and O–H groups in total. The van der Waals surface area contributed by atoms with Gasteiger partial charge in [-0.05, 0) is 0 Å². The molecule has 7 heavy (non-hydrogen) atoms. The summed E-state index contributed by atoms with van der Waals surface area (Å²) in [6.07, 6.45) is 0. The molecule has 0 fully saturated rings. The van der Waals surface area contributed by atoms with Crippen molar-refractivity contribution in [3.8, 4) is 0 Å². The normalized spacial score (nSPS) is 0. The van der Waals surface area contributed by atoms with E-state index in [1.54, 1.807) is 0 Å². The molecule has 0 amide bonds. The molecule has 0 unspecified atom stereocenters. The molecule has 0 aromatic carbocycles. The summed E-state index contributed by atoms with van der Waals surface area (Å²) in [6, 6.07) is 0. The summed E-state index contributed by atoms with van der Waals surface area (Å²) >= 11 is 0. The van der Waals surface area contributed by atoms with Crippen LogP contribution in [0.15, 0.2) is 0 Å². The predicted octanol–water partition coefficient (Wildman–Crippen LogP) is -0.466. The van der Waals surface area contributed by atoms with Gasteiger partial charge >= 0.3 is 22.4 Å². The van der Waals surface area contributed by atoms with E-state index in [-0.39, 0.29) is 54.5 Å². The van der Waals surface area contributed by atoms with Crippen molar-refractivity contribution in [2.45, 2.75) is 0 Å². The topological polar surface area (TPSA) is 150 Å². The van der Waals surface area contributed by atoms with E-state index in [2.05, 4.69) is 0 Å². The largest absolute Gasteiger partial charge is 5.00 e. The van der Waals surface area contributed by atoms with Crippen molar-refractivity contribution >= 4 is 0 Å². The summed E-state index contributed by atoms with van der Waals surface area (Å²) in [5.41, 5.74) is 0. The second-order valence-corrected chi connectivity index (χ2v) is 0. The molecule has 1 radical (unpaired) electrons. The van der Waals surface area contributed by atoms with Crippen LogP contribution >= 0.6 is 0 Å². The molecule has 5 nitrogen and oxygen atoms in total. The van der Waals surface area contributed by atoms with E-state index < -0.39 is 0 Å². The fourth-order valence-corrected chi connectivity index (χ4v) is 0. The Bertz CT molecular complexity index is 8.04. The van der Waals surface area contributed by atoms with Crippen LogP contribution in [0, 0.1) is 0 Å². The summed E-state index contributed by atoms with van der Waals surface area (Å²) in [7, 11) is 0. The first-order chi connectivity index (χ1) is 0. The molecule has 0 atom stereocenters. The Morgan fingerprint density at radius 2 is 0.429 bits per heavy atom. The van der Waals surface area contributed by atoms with E-state index in [9.17, 15) is 0 Å². The van der Waals surface area contributed by atoms with Gasteiger partial charge in [-0.1, -0.05) is 0 Å². The van der Waals surface area contributed by atoms with Crippen molar-refractivity contribution in [1.82, 2.24) is 0 Å². The molecule has 0 aromatic rings. The molecule has 0 spiro atoms. The molecule has 0 saturated carbocycles. The maximum atomic E-state index is 0. The molecule has 0 aliphatic heterocycles. The molecule has 0 heterocycles. The van der Waals surface area contributed by atoms with Crippen LogP contribution in [-0.4, -0.2) is 27.4 Å². The third-order valence-electron chi connectivity index (χ3n) is 0. The van der Waals surface area contributed by atoms with Gasteiger partial charge in [0.05, 0.1) is 0 Å². The SMILES string of the molecule is [F].[Nb+5].[OH-].[OH-].[OH-].[OH-].[OH-]. The van der Waals surface area contributed by atoms with Crippen molar-refractivity contribution in [3.63, 3.8) is 0 Å². The smallest absolute Gasteiger partial charge is 0.870 e. The first kappa shape index (κ1) is 1410. The standard InChI is InChI=1S/F.Nb.5H2O/h;;5*1H2/q;+5;;;;;/p-5. The molecule has 7 heteroatoms. The summed E-state index contributed by atoms with van der Waals surface area (Å²) in [5, 5.41) is 0. The minimum atomic E-state index is 0. The molecule has 0 aromatic heterocycles. The maximum absolute atomic E-state index is 0. The van der Waals surface area contributed by atoms with Gasteiger partial charge in [0.2, 0.25) is 0 Å². The van der Waals surface area contributed by atoms with Gasteiger partial charge in [0, 0.05) is 4.70 Å². The van der Waals surface area contributed by atoms with E-state index in [0.717, 1.165) is 0 Å². The fraction of sp³-hybridized carbons (Fsp3) is 0. The zero-order valence-electron chi connectivity index (χ0n) is 3.06. The minimum Gasteiger partial charge on any atom is -0.870 e. The van der Waals surface area contributed by atoms with Crippen LogP contribution in [0.3, 0.4) is 0 Å². The Morgan fingerprint density at radius 3 is 0.429 bits per heavy atom. The molecule has 0 saturated heterocycles. The maximum Gasteiger partial charge on any atom is 5.00 e. The van der Waals surface area contributed by atoms with Gasteiger partial charge in [-0.2, -0.15) is 0 Å². The van der Waals surface area contributed by atoms with E-state index in [1.165, 1.54) is 0 Å². The van der Waals surface area contributed by atoms with Crippen LogP contribution in [0.5, 0.6) is 0 Å². The molecule has 0 aliphatic carbocycles. The fourth-order valence-electron chi connectivity index (χ4n) is 0. The van der Waals surface area contributed by atoms with Crippen LogP contribution in [0.1, 0.15) is 0 Å². The van der Waals surface area contributed by atoms with Crippen LogP contribution in [-0.2, 0) is 22.4 Å². The summed E-state index contributed by atoms with van der Waals surface area (Å²) in [5.74, 6) is 0. The van der Waals surface area contributed by atoms with E-state index in [4.69, 9.17) is 0 Å². The predicted molar refractivity (Wildman–Crippen MR) is 10.8 cm³/mol. The van der Waals surface area contributed by atoms with Gasteiger partial charge in [0.1, 0.15) is 0 Å². The Kier molecular flexibility index (Phi) is 177000. The zero-order valence-corrected chi connectivity index (χ0v) is 5.26. The number of rotatable bonds is 0. The average Bonchev–Trinajstić information content (AvgIpc) is 0. The van der Waals surface area contributed by atoms with Crippen LogP contribution in [0.4, 0.5) is 4.70 Å². The quantitative estimate of drug-likeness (QED) is 0.480. The zero-order chi connectivity index (χ0) is 0. The van der Waals surface area contributed by atoms with Crippen molar-refractivity contribution in [2.75, 3.05) is 0 Å². The molecule has 0 rings (SSSR count). The van der Waals surface area contributed by atoms with E-state index in [0.29, 0.717) is 0 Å². The Labute approximate surface area is 55.1 Å². The summed E-state index contributed by atoms with van der Waals surface area (Å²) in [4.78, 5) is 0. The van der Waals surface area contributed by atoms with Crippen molar-refractivity contribution in [2.24, 2.45) is 0 Å². The Morgan fingerprint density at radius 1 is 0.429 bits per heavy atom. The molecule has 47 valence electrons. The second kappa shape index (κ2) is 876. The van der Waals surface area contributed by atoms with Crippen LogP contribution < -0.4 is 0 Å². The van der Waals surface area contributed by atoms with Gasteiger partial charge in [0.15, 0.2) is 0 Å². The Balaban J connectivity index is 0. The second-order valence-electron chi connectivity index (χ2n) is 0. The third kappa shape index (κ3) is 585. The summed E-state index contributed by atoms with van der Waals surface area (Å²) in [6.45, 7) is 0. The van der Waals surface area contributed by atoms with Crippen LogP contribution in [0.2, 0.25) is 0 Å². The number of hydrogen-bond donors (Lipinski definition) is 0. The molecular weight excluding hydrogens is 192 g/mol. The number of hydrogen-bond acceptors (Lipinski definition) is 5. The van der Waals surface area contributed by atoms with Gasteiger partial charge in [-0.25, -0.2) is 0 Å². The first-order valence-electron chi connectivity index (χ1n) is 0. The van der Waals surface area contributed by atoms with Gasteiger partial charge in [-0.3, -0.25) is 0 Å². The van der Waals surface area contributed by atoms with Crippen LogP contribution in [0.25, 0.3) is 0 Å². The first-order valence-corrected chi connectivity index (χ1v) is 0. The van der Waals surface area contributed by atoms with Crippen molar-refractivity contribution < 1.29 is 54.5 Å². The Hall–Kier alpha value is 0.470. The molecular formula is H5FNbO5. The minimum absolute atomic E-state index is 0. The average molecular weight is 197 g/mol. The van der Waals surface area contributed by atoms with Gasteiger partial charge < -0.3 is 27.4 Å². The van der Waals surface area contributed by atoms with Gasteiger partial charge in [0.25, 0.3) is 0 Å². The van der Waals surface area contributed by atoms with E-state index in [1.807, 2.05) is 0 Å². The monoisotopic (exact) mass is 197 g/mol. The van der Waals surface area contributed by atoms with Crippen molar-refractivity contribution in [3.05, 3.63) is 0 Å². The van der Waals surface area contributed by atoms with E-state index >= 15 is 0 Å². The summed E-state index contributed by atoms with van der Waals surface area (Å²) < 4.78 is 0. The number of halogens is 1. The molecule has 0 aliphatic rings. The molecule has 0 bridgehead atoms. The van der Waals surface area contributed by atoms with Crippen molar-refractivity contribution in [1.29, 1.82) is 0 Å². The van der Waals surface area contributed by atoms with Gasteiger partial charge in [-0.15, -0.1) is 0 Å².